The number of nitrogen functional groups attached to an aromatic ring is 1. The van der Waals surface area contributed by atoms with E-state index < -0.39 is 16.1 Å². The molecule has 1 amide bonds. The average molecular weight is 548 g/mol. The van der Waals surface area contributed by atoms with E-state index in [1.54, 1.807) is 23.1 Å². The highest BCUT2D eigenvalue weighted by Gasteiger charge is 2.41. The molecule has 0 saturated carbocycles. The van der Waals surface area contributed by atoms with Crippen LogP contribution in [0.2, 0.25) is 4.34 Å². The number of thiophene rings is 2. The van der Waals surface area contributed by atoms with Crippen molar-refractivity contribution in [3.05, 3.63) is 58.7 Å². The second-order valence-electron chi connectivity index (χ2n) is 8.13. The average Bonchev–Trinajstić information content (AvgIpc) is 3.50. The van der Waals surface area contributed by atoms with Gasteiger partial charge in [-0.2, -0.15) is 4.31 Å². The van der Waals surface area contributed by atoms with E-state index in [9.17, 15) is 13.2 Å². The molecule has 1 aliphatic rings. The van der Waals surface area contributed by atoms with E-state index in [2.05, 4.69) is 9.97 Å². The van der Waals surface area contributed by atoms with Crippen LogP contribution in [0.25, 0.3) is 20.7 Å². The zero-order valence-electron chi connectivity index (χ0n) is 18.7. The Morgan fingerprint density at radius 2 is 1.86 bits per heavy atom. The zero-order chi connectivity index (χ0) is 24.7. The number of nitrogens with two attached hydrogens (primary N) is 1. The van der Waals surface area contributed by atoms with Crippen molar-refractivity contribution < 1.29 is 13.2 Å². The molecule has 1 fully saturated rings. The Kier molecular flexibility index (Phi) is 6.53. The molecule has 35 heavy (non-hydrogen) atoms. The maximum absolute atomic E-state index is 13.5. The quantitative estimate of drug-likeness (QED) is 0.381. The van der Waals surface area contributed by atoms with Crippen LogP contribution >= 0.6 is 34.3 Å². The first-order valence-corrected chi connectivity index (χ1v) is 14.4. The van der Waals surface area contributed by atoms with Gasteiger partial charge in [-0.1, -0.05) is 24.6 Å². The summed E-state index contributed by atoms with van der Waals surface area (Å²) in [5, 5.41) is 0.755. The molecule has 0 unspecified atom stereocenters. The number of amides is 1. The van der Waals surface area contributed by atoms with Crippen LogP contribution in [0.5, 0.6) is 0 Å². The molecule has 1 atom stereocenters. The molecule has 1 aromatic carbocycles. The Morgan fingerprint density at radius 1 is 1.09 bits per heavy atom. The van der Waals surface area contributed by atoms with Crippen LogP contribution in [0.3, 0.4) is 0 Å². The fourth-order valence-corrected chi connectivity index (χ4v) is 8.45. The molecular formula is C23H22ClN5O3S3. The van der Waals surface area contributed by atoms with Crippen LogP contribution in [0.15, 0.2) is 53.0 Å². The van der Waals surface area contributed by atoms with Crippen LogP contribution in [-0.2, 0) is 21.4 Å². The minimum absolute atomic E-state index is 0.202. The minimum atomic E-state index is -3.82. The summed E-state index contributed by atoms with van der Waals surface area (Å²) in [6.45, 7) is 2.73. The molecule has 0 radical (unpaired) electrons. The van der Waals surface area contributed by atoms with Gasteiger partial charge in [-0.3, -0.25) is 4.79 Å². The van der Waals surface area contributed by atoms with Gasteiger partial charge in [0.2, 0.25) is 5.91 Å². The smallest absolute Gasteiger partial charge is 0.253 e. The molecule has 3 aromatic heterocycles. The number of carbonyl (C=O) groups excluding carboxylic acids is 1. The summed E-state index contributed by atoms with van der Waals surface area (Å²) < 4.78 is 29.2. The summed E-state index contributed by atoms with van der Waals surface area (Å²) in [6, 6.07) is 11.9. The molecule has 4 aromatic rings. The van der Waals surface area contributed by atoms with Gasteiger partial charge in [0.25, 0.3) is 10.0 Å². The van der Waals surface area contributed by atoms with Crippen LogP contribution in [0.4, 0.5) is 5.82 Å². The fourth-order valence-electron chi connectivity index (χ4n) is 4.24. The topological polar surface area (TPSA) is 109 Å². The molecule has 8 nitrogen and oxygen atoms in total. The van der Waals surface area contributed by atoms with E-state index in [1.165, 1.54) is 33.3 Å². The maximum atomic E-state index is 13.5. The van der Waals surface area contributed by atoms with Crippen molar-refractivity contribution in [1.82, 2.24) is 19.2 Å². The molecule has 0 aliphatic carbocycles. The van der Waals surface area contributed by atoms with E-state index in [4.69, 9.17) is 17.3 Å². The number of carbonyl (C=O) groups is 1. The van der Waals surface area contributed by atoms with Gasteiger partial charge in [0.15, 0.2) is 0 Å². The van der Waals surface area contributed by atoms with Crippen LogP contribution in [0, 0.1) is 0 Å². The monoisotopic (exact) mass is 547 g/mol. The van der Waals surface area contributed by atoms with Crippen molar-refractivity contribution >= 4 is 66.9 Å². The maximum Gasteiger partial charge on any atom is 0.253 e. The van der Waals surface area contributed by atoms with Crippen molar-refractivity contribution in [2.75, 3.05) is 18.8 Å². The van der Waals surface area contributed by atoms with E-state index in [1.807, 2.05) is 31.2 Å². The fraction of sp³-hybridized carbons (Fsp3) is 0.261. The first-order chi connectivity index (χ1) is 16.8. The lowest BCUT2D eigenvalue weighted by Gasteiger charge is -2.39. The van der Waals surface area contributed by atoms with Crippen molar-refractivity contribution in [3.63, 3.8) is 0 Å². The molecule has 182 valence electrons. The zero-order valence-corrected chi connectivity index (χ0v) is 21.9. The third-order valence-electron chi connectivity index (χ3n) is 5.99. The first kappa shape index (κ1) is 24.1. The van der Waals surface area contributed by atoms with E-state index in [-0.39, 0.29) is 16.7 Å². The standard InChI is InChI=1S/C23H22ClN5O3S3/c1-2-17-23(30)28(12-14-3-4-15-16(11-14)26-13-27-22(15)25)9-10-29(17)35(31,32)21-8-6-19(34-21)18-5-7-20(24)33-18/h3-8,11,13,17H,2,9-10,12H2,1H3,(H2,25,26,27)/t17-/m0/s1. The number of sulfonamides is 1. The summed E-state index contributed by atoms with van der Waals surface area (Å²) in [6.07, 6.45) is 1.79. The molecule has 12 heteroatoms. The van der Waals surface area contributed by atoms with Crippen molar-refractivity contribution in [2.24, 2.45) is 0 Å². The van der Waals surface area contributed by atoms with Gasteiger partial charge in [0.1, 0.15) is 22.4 Å². The Balaban J connectivity index is 1.36. The number of benzene rings is 1. The van der Waals surface area contributed by atoms with Gasteiger partial charge < -0.3 is 10.6 Å². The van der Waals surface area contributed by atoms with Crippen molar-refractivity contribution in [2.45, 2.75) is 30.1 Å². The highest BCUT2D eigenvalue weighted by Crippen LogP contribution is 2.38. The lowest BCUT2D eigenvalue weighted by atomic mass is 10.1. The molecule has 5 rings (SSSR count). The number of piperazine rings is 1. The molecular weight excluding hydrogens is 526 g/mol. The number of fused-ring (bicyclic) bond motifs is 1. The van der Waals surface area contributed by atoms with Gasteiger partial charge in [0, 0.05) is 34.8 Å². The SMILES string of the molecule is CC[C@H]1C(=O)N(Cc2ccc3c(N)ncnc3c2)CCN1S(=O)(=O)c1ccc(-c2ccc(Cl)s2)s1. The van der Waals surface area contributed by atoms with Crippen molar-refractivity contribution in [3.8, 4) is 9.75 Å². The van der Waals surface area contributed by atoms with Crippen molar-refractivity contribution in [1.29, 1.82) is 0 Å². The van der Waals surface area contributed by atoms with E-state index in [0.29, 0.717) is 35.2 Å². The number of hydrogen-bond acceptors (Lipinski definition) is 8. The molecule has 1 saturated heterocycles. The third-order valence-corrected chi connectivity index (χ3v) is 10.9. The second-order valence-corrected chi connectivity index (χ2v) is 13.0. The Labute approximate surface area is 216 Å². The summed E-state index contributed by atoms with van der Waals surface area (Å²) in [7, 11) is -3.82. The van der Waals surface area contributed by atoms with Crippen LogP contribution < -0.4 is 5.73 Å². The Morgan fingerprint density at radius 3 is 2.60 bits per heavy atom. The van der Waals surface area contributed by atoms with Crippen LogP contribution in [-0.4, -0.2) is 52.6 Å². The van der Waals surface area contributed by atoms with Gasteiger partial charge in [-0.15, -0.1) is 22.7 Å². The highest BCUT2D eigenvalue weighted by atomic mass is 35.5. The normalized spacial score (nSPS) is 17.4. The molecule has 1 aliphatic heterocycles. The van der Waals surface area contributed by atoms with Gasteiger partial charge in [-0.05, 0) is 48.4 Å². The molecule has 0 bridgehead atoms. The van der Waals surface area contributed by atoms with E-state index >= 15 is 0 Å². The third kappa shape index (κ3) is 4.54. The lowest BCUT2D eigenvalue weighted by molar-refractivity contribution is -0.139. The largest absolute Gasteiger partial charge is 0.383 e. The summed E-state index contributed by atoms with van der Waals surface area (Å²) in [5.41, 5.74) is 7.51. The molecule has 4 heterocycles. The number of nitrogens with zero attached hydrogens (tertiary/aromatic N) is 4. The van der Waals surface area contributed by atoms with E-state index in [0.717, 1.165) is 20.7 Å². The summed E-state index contributed by atoms with van der Waals surface area (Å²) >= 11 is 8.63. The van der Waals surface area contributed by atoms with Crippen LogP contribution in [0.1, 0.15) is 18.9 Å². The lowest BCUT2D eigenvalue weighted by Crippen LogP contribution is -2.57. The predicted molar refractivity (Wildman–Crippen MR) is 140 cm³/mol. The Hall–Kier alpha value is -2.57. The minimum Gasteiger partial charge on any atom is -0.383 e. The van der Waals surface area contributed by atoms with Gasteiger partial charge >= 0.3 is 0 Å². The number of aromatic nitrogens is 2. The van der Waals surface area contributed by atoms with Gasteiger partial charge in [0.05, 0.1) is 9.85 Å². The second kappa shape index (κ2) is 9.47. The summed E-state index contributed by atoms with van der Waals surface area (Å²) in [4.78, 5) is 25.1. The molecule has 2 N–H and O–H groups in total. The van der Waals surface area contributed by atoms with Gasteiger partial charge in [-0.25, -0.2) is 18.4 Å². The number of anilines is 1. The first-order valence-electron chi connectivity index (χ1n) is 10.9. The number of rotatable bonds is 6. The predicted octanol–water partition coefficient (Wildman–Crippen LogP) is 4.47. The molecule has 0 spiro atoms. The number of halogens is 1. The number of hydrogen-bond donors (Lipinski definition) is 1. The Bertz CT molecular complexity index is 1520. The highest BCUT2D eigenvalue weighted by molar-refractivity contribution is 7.91. The summed E-state index contributed by atoms with van der Waals surface area (Å²) in [5.74, 6) is 0.202.